The Balaban J connectivity index is 2.55. The van der Waals surface area contributed by atoms with Crippen LogP contribution in [0.3, 0.4) is 0 Å². The third-order valence-corrected chi connectivity index (χ3v) is 3.32. The maximum Gasteiger partial charge on any atom is 0.303 e. The van der Waals surface area contributed by atoms with Crippen LogP contribution in [-0.2, 0) is 11.2 Å². The lowest BCUT2D eigenvalue weighted by molar-refractivity contribution is -0.136. The summed E-state index contributed by atoms with van der Waals surface area (Å²) in [5.41, 5.74) is 0.852. The summed E-state index contributed by atoms with van der Waals surface area (Å²) in [4.78, 5) is 14.6. The fourth-order valence-electron chi connectivity index (χ4n) is 1.71. The normalized spacial score (nSPS) is 10.7. The van der Waals surface area contributed by atoms with Crippen LogP contribution in [0.4, 0.5) is 0 Å². The van der Waals surface area contributed by atoms with Crippen LogP contribution in [0, 0.1) is 0 Å². The van der Waals surface area contributed by atoms with E-state index in [1.807, 2.05) is 0 Å². The number of carboxylic acid groups (broad SMARTS) is 1. The molecule has 0 unspecified atom stereocenters. The average Bonchev–Trinajstić information content (AvgIpc) is 2.32. The SMILES string of the molecule is O=C(O)CCc1cc(Cl)c(Cl)c2ccncc12. The van der Waals surface area contributed by atoms with E-state index in [9.17, 15) is 4.79 Å². The Hall–Kier alpha value is -1.32. The summed E-state index contributed by atoms with van der Waals surface area (Å²) in [5, 5.41) is 11.3. The number of nitrogens with zero attached hydrogens (tertiary/aromatic N) is 1. The van der Waals surface area contributed by atoms with Gasteiger partial charge in [-0.1, -0.05) is 23.2 Å². The van der Waals surface area contributed by atoms with Crippen LogP contribution < -0.4 is 0 Å². The van der Waals surface area contributed by atoms with Crippen LogP contribution in [0.5, 0.6) is 0 Å². The fraction of sp³-hybridized carbons (Fsp3) is 0.167. The average molecular weight is 270 g/mol. The van der Waals surface area contributed by atoms with E-state index in [1.165, 1.54) is 0 Å². The van der Waals surface area contributed by atoms with E-state index in [2.05, 4.69) is 4.98 Å². The van der Waals surface area contributed by atoms with Gasteiger partial charge in [0.1, 0.15) is 0 Å². The highest BCUT2D eigenvalue weighted by molar-refractivity contribution is 6.45. The molecule has 1 aromatic carbocycles. The van der Waals surface area contributed by atoms with E-state index in [-0.39, 0.29) is 6.42 Å². The number of hydrogen-bond acceptors (Lipinski definition) is 2. The lowest BCUT2D eigenvalue weighted by atomic mass is 10.0. The standard InChI is InChI=1S/C12H9Cl2NO2/c13-10-5-7(1-2-11(16)17)9-6-15-4-3-8(9)12(10)14/h3-6H,1-2H2,(H,16,17). The molecule has 3 nitrogen and oxygen atoms in total. The monoisotopic (exact) mass is 269 g/mol. The largest absolute Gasteiger partial charge is 0.481 e. The van der Waals surface area contributed by atoms with Gasteiger partial charge >= 0.3 is 5.97 Å². The molecule has 1 heterocycles. The summed E-state index contributed by atoms with van der Waals surface area (Å²) in [6.07, 6.45) is 3.77. The maximum absolute atomic E-state index is 10.6. The zero-order valence-corrected chi connectivity index (χ0v) is 10.3. The van der Waals surface area contributed by atoms with Crippen molar-refractivity contribution in [2.75, 3.05) is 0 Å². The zero-order valence-electron chi connectivity index (χ0n) is 8.78. The Morgan fingerprint density at radius 3 is 2.82 bits per heavy atom. The minimum atomic E-state index is -0.840. The minimum Gasteiger partial charge on any atom is -0.481 e. The number of hydrogen-bond donors (Lipinski definition) is 1. The number of fused-ring (bicyclic) bond motifs is 1. The molecule has 0 aliphatic rings. The van der Waals surface area contributed by atoms with Crippen molar-refractivity contribution in [1.29, 1.82) is 0 Å². The van der Waals surface area contributed by atoms with Gasteiger partial charge in [0.25, 0.3) is 0 Å². The van der Waals surface area contributed by atoms with Gasteiger partial charge in [0, 0.05) is 29.6 Å². The number of aliphatic carboxylic acids is 1. The van der Waals surface area contributed by atoms with Crippen molar-refractivity contribution in [2.24, 2.45) is 0 Å². The molecule has 0 saturated carbocycles. The number of pyridine rings is 1. The molecule has 17 heavy (non-hydrogen) atoms. The first-order valence-corrected chi connectivity index (χ1v) is 5.77. The van der Waals surface area contributed by atoms with E-state index in [1.54, 1.807) is 24.5 Å². The molecule has 0 spiro atoms. The van der Waals surface area contributed by atoms with Crippen molar-refractivity contribution in [3.05, 3.63) is 40.1 Å². The van der Waals surface area contributed by atoms with Crippen molar-refractivity contribution in [1.82, 2.24) is 4.98 Å². The second-order valence-corrected chi connectivity index (χ2v) is 4.43. The third-order valence-electron chi connectivity index (χ3n) is 2.52. The molecule has 0 fully saturated rings. The Morgan fingerprint density at radius 2 is 2.12 bits per heavy atom. The molecule has 2 rings (SSSR count). The molecule has 0 amide bonds. The number of halogens is 2. The number of carboxylic acids is 1. The molecule has 1 N–H and O–H groups in total. The maximum atomic E-state index is 10.6. The Bertz CT molecular complexity index is 584. The number of carbonyl (C=O) groups is 1. The first-order chi connectivity index (χ1) is 8.09. The summed E-state index contributed by atoms with van der Waals surface area (Å²) in [5.74, 6) is -0.840. The molecular weight excluding hydrogens is 261 g/mol. The molecule has 5 heteroatoms. The van der Waals surface area contributed by atoms with Gasteiger partial charge in [-0.15, -0.1) is 0 Å². The Kier molecular flexibility index (Phi) is 3.50. The molecule has 1 aromatic heterocycles. The molecule has 0 aliphatic carbocycles. The molecule has 88 valence electrons. The Morgan fingerprint density at radius 1 is 1.35 bits per heavy atom. The molecule has 2 aromatic rings. The van der Waals surface area contributed by atoms with Crippen molar-refractivity contribution in [3.8, 4) is 0 Å². The van der Waals surface area contributed by atoms with Crippen molar-refractivity contribution in [2.45, 2.75) is 12.8 Å². The molecule has 0 bridgehead atoms. The van der Waals surface area contributed by atoms with Gasteiger partial charge in [-0.25, -0.2) is 0 Å². The van der Waals surface area contributed by atoms with Crippen LogP contribution >= 0.6 is 23.2 Å². The van der Waals surface area contributed by atoms with Crippen LogP contribution in [0.25, 0.3) is 10.8 Å². The van der Waals surface area contributed by atoms with E-state index >= 15 is 0 Å². The van der Waals surface area contributed by atoms with Gasteiger partial charge in [0.05, 0.1) is 10.0 Å². The van der Waals surface area contributed by atoms with E-state index in [0.717, 1.165) is 16.3 Å². The predicted octanol–water partition coefficient (Wildman–Crippen LogP) is 3.56. The zero-order chi connectivity index (χ0) is 12.4. The van der Waals surface area contributed by atoms with Gasteiger partial charge in [0.15, 0.2) is 0 Å². The van der Waals surface area contributed by atoms with Gasteiger partial charge in [-0.05, 0) is 24.1 Å². The Labute approximate surface area is 108 Å². The summed E-state index contributed by atoms with van der Waals surface area (Å²) < 4.78 is 0. The van der Waals surface area contributed by atoms with E-state index < -0.39 is 5.97 Å². The molecule has 0 saturated heterocycles. The summed E-state index contributed by atoms with van der Waals surface area (Å²) >= 11 is 12.1. The molecular formula is C12H9Cl2NO2. The van der Waals surface area contributed by atoms with Crippen molar-refractivity contribution in [3.63, 3.8) is 0 Å². The number of rotatable bonds is 3. The molecule has 0 aliphatic heterocycles. The van der Waals surface area contributed by atoms with Crippen LogP contribution in [-0.4, -0.2) is 16.1 Å². The number of aromatic nitrogens is 1. The van der Waals surface area contributed by atoms with Gasteiger partial charge in [0.2, 0.25) is 0 Å². The summed E-state index contributed by atoms with van der Waals surface area (Å²) in [7, 11) is 0. The quantitative estimate of drug-likeness (QED) is 0.927. The highest BCUT2D eigenvalue weighted by Gasteiger charge is 2.10. The van der Waals surface area contributed by atoms with Gasteiger partial charge in [-0.2, -0.15) is 0 Å². The van der Waals surface area contributed by atoms with Crippen LogP contribution in [0.1, 0.15) is 12.0 Å². The molecule has 0 atom stereocenters. The lowest BCUT2D eigenvalue weighted by Gasteiger charge is -2.08. The summed E-state index contributed by atoms with van der Waals surface area (Å²) in [6.45, 7) is 0. The van der Waals surface area contributed by atoms with Gasteiger partial charge < -0.3 is 5.11 Å². The highest BCUT2D eigenvalue weighted by atomic mass is 35.5. The minimum absolute atomic E-state index is 0.0575. The van der Waals surface area contributed by atoms with Crippen LogP contribution in [0.2, 0.25) is 10.0 Å². The van der Waals surface area contributed by atoms with Crippen molar-refractivity contribution < 1.29 is 9.90 Å². The van der Waals surface area contributed by atoms with E-state index in [4.69, 9.17) is 28.3 Å². The topological polar surface area (TPSA) is 50.2 Å². The van der Waals surface area contributed by atoms with Crippen molar-refractivity contribution >= 4 is 39.9 Å². The highest BCUT2D eigenvalue weighted by Crippen LogP contribution is 2.33. The first-order valence-electron chi connectivity index (χ1n) is 5.02. The van der Waals surface area contributed by atoms with Gasteiger partial charge in [-0.3, -0.25) is 9.78 Å². The third kappa shape index (κ3) is 2.51. The first kappa shape index (κ1) is 12.1. The number of benzene rings is 1. The predicted molar refractivity (Wildman–Crippen MR) is 67.7 cm³/mol. The second-order valence-electron chi connectivity index (χ2n) is 3.65. The molecule has 0 radical (unpaired) electrons. The van der Waals surface area contributed by atoms with Crippen LogP contribution in [0.15, 0.2) is 24.5 Å². The van der Waals surface area contributed by atoms with E-state index in [0.29, 0.717) is 16.5 Å². The second kappa shape index (κ2) is 4.90. The summed E-state index contributed by atoms with van der Waals surface area (Å²) in [6, 6.07) is 3.48. The smallest absolute Gasteiger partial charge is 0.303 e. The lowest BCUT2D eigenvalue weighted by Crippen LogP contribution is -1.98. The number of aryl methyl sites for hydroxylation is 1. The fourth-order valence-corrected chi connectivity index (χ4v) is 2.17.